The molecule has 1 heterocycles. The van der Waals surface area contributed by atoms with E-state index in [0.717, 1.165) is 20.8 Å². The van der Waals surface area contributed by atoms with Gasteiger partial charge >= 0.3 is 29.8 Å². The Morgan fingerprint density at radius 1 is 0.742 bits per heavy atom. The van der Waals surface area contributed by atoms with E-state index in [1.807, 2.05) is 0 Å². The zero-order chi connectivity index (χ0) is 23.7. The van der Waals surface area contributed by atoms with Gasteiger partial charge in [-0.05, 0) is 6.92 Å². The van der Waals surface area contributed by atoms with Gasteiger partial charge in [-0.1, -0.05) is 6.58 Å². The third-order valence-corrected chi connectivity index (χ3v) is 4.10. The lowest BCUT2D eigenvalue weighted by Gasteiger charge is -2.44. The Balaban J connectivity index is 3.33. The number of rotatable bonds is 9. The van der Waals surface area contributed by atoms with Gasteiger partial charge in [-0.15, -0.1) is 0 Å². The maximum Gasteiger partial charge on any atom is 0.333 e. The van der Waals surface area contributed by atoms with Crippen molar-refractivity contribution in [2.24, 2.45) is 0 Å². The predicted octanol–water partition coefficient (Wildman–Crippen LogP) is 0.621. The normalized spacial score (nSPS) is 25.0. The smallest absolute Gasteiger partial charge is 0.333 e. The Hall–Kier alpha value is -2.95. The van der Waals surface area contributed by atoms with Crippen LogP contribution in [-0.2, 0) is 52.4 Å². The van der Waals surface area contributed by atoms with Crippen molar-refractivity contribution in [1.82, 2.24) is 0 Å². The van der Waals surface area contributed by atoms with Gasteiger partial charge < -0.3 is 28.4 Å². The van der Waals surface area contributed by atoms with Crippen LogP contribution in [0.25, 0.3) is 0 Å². The first kappa shape index (κ1) is 26.1. The summed E-state index contributed by atoms with van der Waals surface area (Å²) in [6.07, 6.45) is -6.07. The Morgan fingerprint density at radius 2 is 1.23 bits per heavy atom. The second-order valence-electron chi connectivity index (χ2n) is 6.77. The first-order chi connectivity index (χ1) is 14.5. The van der Waals surface area contributed by atoms with Crippen molar-refractivity contribution in [2.45, 2.75) is 71.6 Å². The van der Waals surface area contributed by atoms with Gasteiger partial charge in [0, 0.05) is 39.7 Å². The average molecular weight is 444 g/mol. The lowest BCUT2D eigenvalue weighted by Crippen LogP contribution is -2.62. The molecule has 0 amide bonds. The van der Waals surface area contributed by atoms with E-state index in [1.54, 1.807) is 6.92 Å². The number of carbonyl (C=O) groups excluding carboxylic acids is 5. The highest BCUT2D eigenvalue weighted by Crippen LogP contribution is 2.32. The minimum absolute atomic E-state index is 0.0164. The molecule has 0 radical (unpaired) electrons. The van der Waals surface area contributed by atoms with Crippen molar-refractivity contribution in [3.05, 3.63) is 12.2 Å². The SMILES string of the molecule is C=C(C[C@H]1O[C@H](COC(C)=O)[C@@H](OC(C)=O)[C@H](OC(C)=O)[C@@H]1OC(C)=O)C(=O)OCC. The van der Waals surface area contributed by atoms with E-state index < -0.39 is 60.4 Å². The highest BCUT2D eigenvalue weighted by molar-refractivity contribution is 5.87. The van der Waals surface area contributed by atoms with Crippen LogP contribution < -0.4 is 0 Å². The summed E-state index contributed by atoms with van der Waals surface area (Å²) in [6, 6.07) is 0. The van der Waals surface area contributed by atoms with Crippen molar-refractivity contribution < 1.29 is 52.4 Å². The molecule has 1 aliphatic rings. The number of esters is 5. The minimum Gasteiger partial charge on any atom is -0.463 e. The number of carbonyl (C=O) groups is 5. The lowest BCUT2D eigenvalue weighted by molar-refractivity contribution is -0.252. The van der Waals surface area contributed by atoms with Gasteiger partial charge in [0.05, 0.1) is 6.61 Å². The zero-order valence-electron chi connectivity index (χ0n) is 18.2. The topological polar surface area (TPSA) is 141 Å². The summed E-state index contributed by atoms with van der Waals surface area (Å²) in [5, 5.41) is 0. The van der Waals surface area contributed by atoms with Crippen molar-refractivity contribution in [3.63, 3.8) is 0 Å². The summed E-state index contributed by atoms with van der Waals surface area (Å²) in [5.41, 5.74) is 0.0164. The molecule has 0 spiro atoms. The molecule has 11 nitrogen and oxygen atoms in total. The van der Waals surface area contributed by atoms with Gasteiger partial charge in [0.15, 0.2) is 18.3 Å². The molecule has 11 heteroatoms. The molecule has 0 aromatic heterocycles. The van der Waals surface area contributed by atoms with E-state index in [2.05, 4.69) is 6.58 Å². The molecule has 0 unspecified atom stereocenters. The molecule has 1 fully saturated rings. The van der Waals surface area contributed by atoms with Gasteiger partial charge in [0.25, 0.3) is 0 Å². The van der Waals surface area contributed by atoms with Crippen LogP contribution in [0.4, 0.5) is 0 Å². The number of hydrogen-bond acceptors (Lipinski definition) is 11. The first-order valence-electron chi connectivity index (χ1n) is 9.61. The third kappa shape index (κ3) is 8.36. The molecule has 5 atom stereocenters. The van der Waals surface area contributed by atoms with Crippen LogP contribution in [0.2, 0.25) is 0 Å². The van der Waals surface area contributed by atoms with Crippen LogP contribution in [-0.4, -0.2) is 73.6 Å². The standard InChI is InChI=1S/C20H28O11/c1-7-26-20(25)10(2)8-15-17(28-12(4)22)19(30-14(6)24)18(29-13(5)23)16(31-15)9-27-11(3)21/h15-19H,2,7-9H2,1,3-6H3/t15-,16-,17-,18-,19-/m1/s1. The summed E-state index contributed by atoms with van der Waals surface area (Å²) < 4.78 is 31.7. The maximum atomic E-state index is 12.0. The highest BCUT2D eigenvalue weighted by Gasteiger charge is 2.52. The molecule has 1 rings (SSSR count). The summed E-state index contributed by atoms with van der Waals surface area (Å²) in [5.74, 6) is -3.50. The van der Waals surface area contributed by atoms with E-state index in [4.69, 9.17) is 28.4 Å². The fourth-order valence-corrected chi connectivity index (χ4v) is 3.04. The quantitative estimate of drug-likeness (QED) is 0.281. The van der Waals surface area contributed by atoms with Crippen LogP contribution in [0, 0.1) is 0 Å². The molecule has 1 aliphatic heterocycles. The van der Waals surface area contributed by atoms with Crippen LogP contribution in [0.5, 0.6) is 0 Å². The van der Waals surface area contributed by atoms with Crippen LogP contribution >= 0.6 is 0 Å². The molecular weight excluding hydrogens is 416 g/mol. The van der Waals surface area contributed by atoms with E-state index >= 15 is 0 Å². The summed E-state index contributed by atoms with van der Waals surface area (Å²) >= 11 is 0. The van der Waals surface area contributed by atoms with Crippen molar-refractivity contribution in [2.75, 3.05) is 13.2 Å². The van der Waals surface area contributed by atoms with Crippen LogP contribution in [0.3, 0.4) is 0 Å². The van der Waals surface area contributed by atoms with Crippen molar-refractivity contribution in [3.8, 4) is 0 Å². The molecule has 0 N–H and O–H groups in total. The molecular formula is C20H28O11. The van der Waals surface area contributed by atoms with E-state index in [0.29, 0.717) is 0 Å². The molecule has 0 aromatic carbocycles. The zero-order valence-corrected chi connectivity index (χ0v) is 18.2. The van der Waals surface area contributed by atoms with Crippen LogP contribution in [0.15, 0.2) is 12.2 Å². The number of hydrogen-bond donors (Lipinski definition) is 0. The van der Waals surface area contributed by atoms with Gasteiger partial charge in [0.1, 0.15) is 18.8 Å². The lowest BCUT2D eigenvalue weighted by atomic mass is 9.91. The summed E-state index contributed by atoms with van der Waals surface area (Å²) in [7, 11) is 0. The van der Waals surface area contributed by atoms with Gasteiger partial charge in [0.2, 0.25) is 0 Å². The molecule has 31 heavy (non-hydrogen) atoms. The molecule has 0 aliphatic carbocycles. The second-order valence-corrected chi connectivity index (χ2v) is 6.77. The Bertz CT molecular complexity index is 714. The van der Waals surface area contributed by atoms with E-state index in [1.165, 1.54) is 6.92 Å². The van der Waals surface area contributed by atoms with Gasteiger partial charge in [-0.3, -0.25) is 19.2 Å². The predicted molar refractivity (Wildman–Crippen MR) is 102 cm³/mol. The van der Waals surface area contributed by atoms with Crippen molar-refractivity contribution in [1.29, 1.82) is 0 Å². The van der Waals surface area contributed by atoms with Crippen LogP contribution in [0.1, 0.15) is 41.0 Å². The second kappa shape index (κ2) is 12.0. The summed E-state index contributed by atoms with van der Waals surface area (Å²) in [4.78, 5) is 58.4. The molecule has 0 bridgehead atoms. The highest BCUT2D eigenvalue weighted by atomic mass is 16.7. The summed E-state index contributed by atoms with van der Waals surface area (Å²) in [6.45, 7) is 9.62. The fraction of sp³-hybridized carbons (Fsp3) is 0.650. The largest absolute Gasteiger partial charge is 0.463 e. The number of ether oxygens (including phenoxy) is 6. The molecule has 174 valence electrons. The van der Waals surface area contributed by atoms with Crippen molar-refractivity contribution >= 4 is 29.8 Å². The minimum atomic E-state index is -1.29. The first-order valence-corrected chi connectivity index (χ1v) is 9.61. The Kier molecular flexibility index (Phi) is 10.1. The van der Waals surface area contributed by atoms with E-state index in [9.17, 15) is 24.0 Å². The third-order valence-electron chi connectivity index (χ3n) is 4.10. The fourth-order valence-electron chi connectivity index (χ4n) is 3.04. The average Bonchev–Trinajstić information content (AvgIpc) is 2.63. The van der Waals surface area contributed by atoms with Gasteiger partial charge in [-0.25, -0.2) is 4.79 Å². The molecule has 1 saturated heterocycles. The Morgan fingerprint density at radius 3 is 1.68 bits per heavy atom. The Labute approximate surface area is 179 Å². The van der Waals surface area contributed by atoms with Gasteiger partial charge in [-0.2, -0.15) is 0 Å². The maximum absolute atomic E-state index is 12.0. The van der Waals surface area contributed by atoms with E-state index in [-0.39, 0.29) is 25.2 Å². The molecule has 0 saturated carbocycles. The molecule has 0 aromatic rings. The monoisotopic (exact) mass is 444 g/mol.